The van der Waals surface area contributed by atoms with Crippen molar-refractivity contribution < 1.29 is 13.2 Å². The van der Waals surface area contributed by atoms with Crippen molar-refractivity contribution in [1.82, 2.24) is 19.2 Å². The predicted octanol–water partition coefficient (Wildman–Crippen LogP) is 4.92. The molecule has 0 bridgehead atoms. The zero-order valence-corrected chi connectivity index (χ0v) is 22.3. The molecule has 3 rings (SSSR count). The number of aromatic nitrogens is 2. The van der Waals surface area contributed by atoms with Crippen LogP contribution in [0.4, 0.5) is 0 Å². The molecule has 2 aromatic carbocycles. The van der Waals surface area contributed by atoms with Crippen LogP contribution in [0.1, 0.15) is 64.9 Å². The van der Waals surface area contributed by atoms with E-state index in [2.05, 4.69) is 23.7 Å². The second-order valence-electron chi connectivity index (χ2n) is 9.17. The van der Waals surface area contributed by atoms with Crippen molar-refractivity contribution in [3.05, 3.63) is 59.9 Å². The molecule has 7 nitrogen and oxygen atoms in total. The van der Waals surface area contributed by atoms with Crippen LogP contribution < -0.4 is 5.32 Å². The van der Waals surface area contributed by atoms with Gasteiger partial charge in [-0.15, -0.1) is 0 Å². The maximum Gasteiger partial charge on any atom is 0.243 e. The third-order valence-electron chi connectivity index (χ3n) is 6.28. The van der Waals surface area contributed by atoms with E-state index >= 15 is 0 Å². The summed E-state index contributed by atoms with van der Waals surface area (Å²) in [5.74, 6) is 1.22. The van der Waals surface area contributed by atoms with Gasteiger partial charge in [-0.25, -0.2) is 13.4 Å². The van der Waals surface area contributed by atoms with E-state index < -0.39 is 10.0 Å². The molecule has 35 heavy (non-hydrogen) atoms. The molecule has 1 amide bonds. The highest BCUT2D eigenvalue weighted by Crippen LogP contribution is 2.24. The molecule has 0 aliphatic rings. The smallest absolute Gasteiger partial charge is 0.243 e. The molecule has 0 aliphatic heterocycles. The minimum atomic E-state index is -3.56. The summed E-state index contributed by atoms with van der Waals surface area (Å²) in [5, 5.41) is 3.20. The Morgan fingerprint density at radius 3 is 2.34 bits per heavy atom. The van der Waals surface area contributed by atoms with Crippen molar-refractivity contribution >= 4 is 27.0 Å². The number of benzene rings is 2. The topological polar surface area (TPSA) is 84.3 Å². The second kappa shape index (κ2) is 11.8. The average Bonchev–Trinajstić information content (AvgIpc) is 3.20. The second-order valence-corrected chi connectivity index (χ2v) is 11.1. The molecule has 0 radical (unpaired) electrons. The minimum absolute atomic E-state index is 0.0148. The lowest BCUT2D eigenvalue weighted by molar-refractivity contribution is -0.121. The fourth-order valence-corrected chi connectivity index (χ4v) is 5.98. The summed E-state index contributed by atoms with van der Waals surface area (Å²) in [6, 6.07) is 15.2. The number of hydrogen-bond donors (Lipinski definition) is 1. The highest BCUT2D eigenvalue weighted by Gasteiger charge is 2.23. The van der Waals surface area contributed by atoms with E-state index in [4.69, 9.17) is 4.98 Å². The number of amides is 1. The quantitative estimate of drug-likeness (QED) is 0.384. The van der Waals surface area contributed by atoms with Gasteiger partial charge in [0.15, 0.2) is 0 Å². The number of rotatable bonds is 12. The van der Waals surface area contributed by atoms with Crippen molar-refractivity contribution in [1.29, 1.82) is 0 Å². The predicted molar refractivity (Wildman–Crippen MR) is 141 cm³/mol. The van der Waals surface area contributed by atoms with Crippen LogP contribution in [-0.4, -0.2) is 41.3 Å². The van der Waals surface area contributed by atoms with E-state index in [1.54, 1.807) is 12.1 Å². The zero-order valence-electron chi connectivity index (χ0n) is 21.5. The van der Waals surface area contributed by atoms with Crippen LogP contribution in [0.5, 0.6) is 0 Å². The van der Waals surface area contributed by atoms with E-state index in [1.165, 1.54) is 4.31 Å². The maximum absolute atomic E-state index is 12.9. The number of carbonyl (C=O) groups excluding carboxylic acids is 1. The van der Waals surface area contributed by atoms with Crippen LogP contribution in [0, 0.1) is 5.92 Å². The summed E-state index contributed by atoms with van der Waals surface area (Å²) >= 11 is 0. The van der Waals surface area contributed by atoms with E-state index in [0.717, 1.165) is 23.3 Å². The third kappa shape index (κ3) is 6.30. The van der Waals surface area contributed by atoms with Gasteiger partial charge in [-0.3, -0.25) is 4.79 Å². The van der Waals surface area contributed by atoms with Crippen LogP contribution in [0.25, 0.3) is 11.0 Å². The van der Waals surface area contributed by atoms with Crippen molar-refractivity contribution in [3.8, 4) is 0 Å². The Balaban J connectivity index is 1.79. The van der Waals surface area contributed by atoms with Crippen LogP contribution in [0.2, 0.25) is 0 Å². The van der Waals surface area contributed by atoms with Gasteiger partial charge in [-0.1, -0.05) is 58.0 Å². The van der Waals surface area contributed by atoms with Crippen molar-refractivity contribution in [2.75, 3.05) is 13.1 Å². The number of aryl methyl sites for hydroxylation is 2. The van der Waals surface area contributed by atoms with Gasteiger partial charge < -0.3 is 9.88 Å². The lowest BCUT2D eigenvalue weighted by atomic mass is 9.97. The monoisotopic (exact) mass is 498 g/mol. The molecule has 1 unspecified atom stereocenters. The van der Waals surface area contributed by atoms with E-state index in [-0.39, 0.29) is 16.8 Å². The fourth-order valence-electron chi connectivity index (χ4n) is 4.50. The average molecular weight is 499 g/mol. The van der Waals surface area contributed by atoms with Crippen molar-refractivity contribution in [3.63, 3.8) is 0 Å². The number of hydrogen-bond acceptors (Lipinski definition) is 4. The van der Waals surface area contributed by atoms with Gasteiger partial charge in [0, 0.05) is 32.5 Å². The molecule has 0 fully saturated rings. The highest BCUT2D eigenvalue weighted by molar-refractivity contribution is 7.89. The molecule has 1 aromatic heterocycles. The molecule has 190 valence electrons. The van der Waals surface area contributed by atoms with Crippen LogP contribution in [0.15, 0.2) is 53.4 Å². The largest absolute Gasteiger partial charge is 0.349 e. The minimum Gasteiger partial charge on any atom is -0.349 e. The molecule has 1 atom stereocenters. The van der Waals surface area contributed by atoms with Gasteiger partial charge in [-0.2, -0.15) is 4.31 Å². The first kappa shape index (κ1) is 26.9. The number of carbonyl (C=O) groups is 1. The van der Waals surface area contributed by atoms with Crippen molar-refractivity contribution in [2.24, 2.45) is 5.92 Å². The molecule has 3 aromatic rings. The molecule has 0 saturated carbocycles. The van der Waals surface area contributed by atoms with E-state index in [0.29, 0.717) is 43.9 Å². The first-order valence-corrected chi connectivity index (χ1v) is 14.0. The van der Waals surface area contributed by atoms with E-state index in [9.17, 15) is 13.2 Å². The first-order chi connectivity index (χ1) is 16.7. The first-order valence-electron chi connectivity index (χ1n) is 12.5. The summed E-state index contributed by atoms with van der Waals surface area (Å²) in [5.41, 5.74) is 2.62. The molecule has 0 spiro atoms. The van der Waals surface area contributed by atoms with Crippen molar-refractivity contribution in [2.45, 2.75) is 71.4 Å². The molecule has 1 heterocycles. The summed E-state index contributed by atoms with van der Waals surface area (Å²) < 4.78 is 29.4. The molecule has 8 heteroatoms. The highest BCUT2D eigenvalue weighted by atomic mass is 32.2. The van der Waals surface area contributed by atoms with Gasteiger partial charge in [0.05, 0.1) is 22.0 Å². The number of sulfonamides is 1. The third-order valence-corrected chi connectivity index (χ3v) is 8.32. The van der Waals surface area contributed by atoms with E-state index in [1.807, 2.05) is 57.2 Å². The number of fused-ring (bicyclic) bond motifs is 1. The lowest BCUT2D eigenvalue weighted by Crippen LogP contribution is -2.30. The Kier molecular flexibility index (Phi) is 9.08. The van der Waals surface area contributed by atoms with Crippen LogP contribution >= 0.6 is 0 Å². The van der Waals surface area contributed by atoms with Crippen LogP contribution in [-0.2, 0) is 27.8 Å². The summed E-state index contributed by atoms with van der Waals surface area (Å²) in [7, 11) is -3.56. The molecular formula is C27H38N4O3S. The lowest BCUT2D eigenvalue weighted by Gasteiger charge is -2.21. The van der Waals surface area contributed by atoms with Gasteiger partial charge in [0.2, 0.25) is 15.9 Å². The van der Waals surface area contributed by atoms with Crippen LogP contribution in [0.3, 0.4) is 0 Å². The summed E-state index contributed by atoms with van der Waals surface area (Å²) in [6.07, 6.45) is 1.66. The normalized spacial score (nSPS) is 13.0. The summed E-state index contributed by atoms with van der Waals surface area (Å²) in [4.78, 5) is 17.9. The maximum atomic E-state index is 12.9. The Labute approximate surface area is 209 Å². The Bertz CT molecular complexity index is 1230. The molecular weight excluding hydrogens is 460 g/mol. The van der Waals surface area contributed by atoms with Gasteiger partial charge >= 0.3 is 0 Å². The standard InChI is InChI=1S/C27H38N4O3S/c1-6-30(7-2)35(33,34)22-14-15-25-24(19-22)28-26(31(25)8-3)16-17-27(32)29-23(18-20(4)5)21-12-10-9-11-13-21/h9-15,19-20,23H,6-8,16-18H2,1-5H3,(H,29,32). The SMILES string of the molecule is CCN(CC)S(=O)(=O)c1ccc2c(c1)nc(CCC(=O)NC(CC(C)C)c1ccccc1)n2CC. The fraction of sp³-hybridized carbons (Fsp3) is 0.481. The van der Waals surface area contributed by atoms with Gasteiger partial charge in [-0.05, 0) is 43.0 Å². The molecule has 0 saturated heterocycles. The van der Waals surface area contributed by atoms with Gasteiger partial charge in [0.25, 0.3) is 0 Å². The summed E-state index contributed by atoms with van der Waals surface area (Å²) in [6.45, 7) is 11.5. The number of nitrogens with one attached hydrogen (secondary N) is 1. The Morgan fingerprint density at radius 2 is 1.74 bits per heavy atom. The Morgan fingerprint density at radius 1 is 1.06 bits per heavy atom. The number of imidazole rings is 1. The molecule has 1 N–H and O–H groups in total. The number of nitrogens with zero attached hydrogens (tertiary/aromatic N) is 3. The molecule has 0 aliphatic carbocycles. The Hall–Kier alpha value is -2.71. The van der Waals surface area contributed by atoms with Gasteiger partial charge in [0.1, 0.15) is 5.82 Å². The zero-order chi connectivity index (χ0) is 25.6.